The number of rotatable bonds is 8. The highest BCUT2D eigenvalue weighted by Gasteiger charge is 2.52. The topological polar surface area (TPSA) is 81.8 Å². The van der Waals surface area contributed by atoms with Crippen LogP contribution in [0.4, 0.5) is 10.5 Å². The lowest BCUT2D eigenvalue weighted by molar-refractivity contribution is -0.131. The van der Waals surface area contributed by atoms with Crippen LogP contribution in [-0.2, 0) is 9.59 Å². The van der Waals surface area contributed by atoms with E-state index in [2.05, 4.69) is 15.5 Å². The zero-order valence-corrected chi connectivity index (χ0v) is 15.9. The second kappa shape index (κ2) is 8.41. The molecule has 0 atom stereocenters. The Hall–Kier alpha value is -2.57. The Kier molecular flexibility index (Phi) is 5.98. The van der Waals surface area contributed by atoms with Crippen LogP contribution in [0, 0.1) is 0 Å². The SMILES string of the molecule is CN(CCCNC(=O)CCN1C(=O)NC2(CCCC2)C1=O)c1ccccc1. The standard InChI is InChI=1S/C20H28N4O3/c1-23(16-8-3-2-4-9-16)14-7-13-21-17(25)10-15-24-18(26)20(22-19(24)27)11-5-6-12-20/h2-4,8-9H,5-7,10-15H2,1H3,(H,21,25)(H,22,27). The summed E-state index contributed by atoms with van der Waals surface area (Å²) in [7, 11) is 2.02. The molecular weight excluding hydrogens is 344 g/mol. The number of carbonyl (C=O) groups is 3. The van der Waals surface area contributed by atoms with Crippen molar-refractivity contribution in [3.63, 3.8) is 0 Å². The van der Waals surface area contributed by atoms with Gasteiger partial charge in [0.05, 0.1) is 0 Å². The van der Waals surface area contributed by atoms with E-state index < -0.39 is 5.54 Å². The number of nitrogens with one attached hydrogen (secondary N) is 2. The first kappa shape index (κ1) is 19.2. The molecule has 146 valence electrons. The van der Waals surface area contributed by atoms with E-state index >= 15 is 0 Å². The highest BCUT2D eigenvalue weighted by Crippen LogP contribution is 2.34. The summed E-state index contributed by atoms with van der Waals surface area (Å²) in [5.74, 6) is -0.298. The molecule has 7 nitrogen and oxygen atoms in total. The second-order valence-corrected chi connectivity index (χ2v) is 7.39. The van der Waals surface area contributed by atoms with E-state index in [4.69, 9.17) is 0 Å². The van der Waals surface area contributed by atoms with Crippen LogP contribution >= 0.6 is 0 Å². The van der Waals surface area contributed by atoms with Gasteiger partial charge in [-0.2, -0.15) is 0 Å². The highest BCUT2D eigenvalue weighted by atomic mass is 16.2. The zero-order chi connectivity index (χ0) is 19.3. The third-order valence-electron chi connectivity index (χ3n) is 5.45. The molecule has 2 fully saturated rings. The van der Waals surface area contributed by atoms with Crippen molar-refractivity contribution in [3.05, 3.63) is 30.3 Å². The van der Waals surface area contributed by atoms with Crippen molar-refractivity contribution in [2.24, 2.45) is 0 Å². The maximum atomic E-state index is 12.5. The van der Waals surface area contributed by atoms with Crippen molar-refractivity contribution >= 4 is 23.5 Å². The van der Waals surface area contributed by atoms with Gasteiger partial charge in [-0.1, -0.05) is 31.0 Å². The molecule has 1 aromatic carbocycles. The highest BCUT2D eigenvalue weighted by molar-refractivity contribution is 6.07. The number of hydrogen-bond acceptors (Lipinski definition) is 4. The molecule has 0 unspecified atom stereocenters. The fourth-order valence-corrected chi connectivity index (χ4v) is 3.85. The maximum Gasteiger partial charge on any atom is 0.325 e. The lowest BCUT2D eigenvalue weighted by Crippen LogP contribution is -2.44. The molecule has 7 heteroatoms. The van der Waals surface area contributed by atoms with Gasteiger partial charge in [0.25, 0.3) is 5.91 Å². The molecule has 1 aliphatic carbocycles. The fourth-order valence-electron chi connectivity index (χ4n) is 3.85. The summed E-state index contributed by atoms with van der Waals surface area (Å²) >= 11 is 0. The van der Waals surface area contributed by atoms with Gasteiger partial charge in [0.1, 0.15) is 5.54 Å². The van der Waals surface area contributed by atoms with Crippen molar-refractivity contribution in [2.75, 3.05) is 31.6 Å². The summed E-state index contributed by atoms with van der Waals surface area (Å²) in [6.45, 7) is 1.54. The number of carbonyl (C=O) groups excluding carboxylic acids is 3. The molecule has 0 radical (unpaired) electrons. The van der Waals surface area contributed by atoms with Gasteiger partial charge < -0.3 is 15.5 Å². The minimum absolute atomic E-state index is 0.134. The molecule has 0 aromatic heterocycles. The van der Waals surface area contributed by atoms with Crippen LogP contribution < -0.4 is 15.5 Å². The van der Waals surface area contributed by atoms with Crippen LogP contribution in [0.1, 0.15) is 38.5 Å². The van der Waals surface area contributed by atoms with Crippen molar-refractivity contribution in [2.45, 2.75) is 44.1 Å². The predicted octanol–water partition coefficient (Wildman–Crippen LogP) is 1.88. The normalized spacial score (nSPS) is 18.0. The Labute approximate surface area is 160 Å². The van der Waals surface area contributed by atoms with Crippen molar-refractivity contribution in [1.82, 2.24) is 15.5 Å². The maximum absolute atomic E-state index is 12.5. The Morgan fingerprint density at radius 3 is 2.63 bits per heavy atom. The first-order valence-corrected chi connectivity index (χ1v) is 9.69. The summed E-state index contributed by atoms with van der Waals surface area (Å²) in [5.41, 5.74) is 0.443. The van der Waals surface area contributed by atoms with E-state index in [-0.39, 0.29) is 30.8 Å². The first-order valence-electron chi connectivity index (χ1n) is 9.69. The quantitative estimate of drug-likeness (QED) is 0.539. The molecule has 1 aliphatic heterocycles. The first-order chi connectivity index (χ1) is 13.0. The van der Waals surface area contributed by atoms with Gasteiger partial charge in [-0.25, -0.2) is 4.79 Å². The van der Waals surface area contributed by atoms with E-state index in [0.29, 0.717) is 19.4 Å². The molecule has 2 N–H and O–H groups in total. The van der Waals surface area contributed by atoms with Crippen molar-refractivity contribution in [1.29, 1.82) is 0 Å². The molecular formula is C20H28N4O3. The van der Waals surface area contributed by atoms with Crippen LogP contribution in [0.3, 0.4) is 0 Å². The number of imide groups is 1. The Balaban J connectivity index is 1.35. The number of urea groups is 1. The van der Waals surface area contributed by atoms with Crippen LogP contribution in [0.2, 0.25) is 0 Å². The summed E-state index contributed by atoms with van der Waals surface area (Å²) in [6, 6.07) is 9.72. The van der Waals surface area contributed by atoms with Crippen molar-refractivity contribution in [3.8, 4) is 0 Å². The molecule has 3 rings (SSSR count). The van der Waals surface area contributed by atoms with Gasteiger partial charge in [-0.15, -0.1) is 0 Å². The number of hydrogen-bond donors (Lipinski definition) is 2. The second-order valence-electron chi connectivity index (χ2n) is 7.39. The summed E-state index contributed by atoms with van der Waals surface area (Å²) in [5, 5.41) is 5.70. The number of amides is 4. The third-order valence-corrected chi connectivity index (χ3v) is 5.45. The lowest BCUT2D eigenvalue weighted by atomic mass is 9.98. The van der Waals surface area contributed by atoms with E-state index in [1.807, 2.05) is 37.4 Å². The molecule has 0 bridgehead atoms. The van der Waals surface area contributed by atoms with E-state index in [0.717, 1.165) is 31.5 Å². The monoisotopic (exact) mass is 372 g/mol. The average Bonchev–Trinajstić information content (AvgIpc) is 3.23. The predicted molar refractivity (Wildman–Crippen MR) is 103 cm³/mol. The fraction of sp³-hybridized carbons (Fsp3) is 0.550. The summed E-state index contributed by atoms with van der Waals surface area (Å²) in [6.07, 6.45) is 4.28. The molecule has 1 heterocycles. The lowest BCUT2D eigenvalue weighted by Gasteiger charge is -2.20. The largest absolute Gasteiger partial charge is 0.375 e. The van der Waals surface area contributed by atoms with Crippen LogP contribution in [-0.4, -0.2) is 55.0 Å². The van der Waals surface area contributed by atoms with Gasteiger partial charge in [0, 0.05) is 38.8 Å². The van der Waals surface area contributed by atoms with Crippen LogP contribution in [0.15, 0.2) is 30.3 Å². The Morgan fingerprint density at radius 2 is 1.93 bits per heavy atom. The number of benzene rings is 1. The minimum Gasteiger partial charge on any atom is -0.375 e. The summed E-state index contributed by atoms with van der Waals surface area (Å²) < 4.78 is 0. The van der Waals surface area contributed by atoms with Gasteiger partial charge in [0.2, 0.25) is 5.91 Å². The van der Waals surface area contributed by atoms with Crippen LogP contribution in [0.5, 0.6) is 0 Å². The minimum atomic E-state index is -0.699. The molecule has 1 aromatic rings. The molecule has 4 amide bonds. The molecule has 27 heavy (non-hydrogen) atoms. The zero-order valence-electron chi connectivity index (χ0n) is 15.9. The Bertz CT molecular complexity index is 686. The molecule has 1 saturated carbocycles. The van der Waals surface area contributed by atoms with E-state index in [1.54, 1.807) is 0 Å². The smallest absolute Gasteiger partial charge is 0.325 e. The number of para-hydroxylation sites is 1. The van der Waals surface area contributed by atoms with E-state index in [9.17, 15) is 14.4 Å². The van der Waals surface area contributed by atoms with Crippen molar-refractivity contribution < 1.29 is 14.4 Å². The van der Waals surface area contributed by atoms with E-state index in [1.165, 1.54) is 4.90 Å². The Morgan fingerprint density at radius 1 is 1.22 bits per heavy atom. The van der Waals surface area contributed by atoms with Gasteiger partial charge in [-0.3, -0.25) is 14.5 Å². The molecule has 2 aliphatic rings. The van der Waals surface area contributed by atoms with Gasteiger partial charge in [-0.05, 0) is 31.4 Å². The van der Waals surface area contributed by atoms with Crippen LogP contribution in [0.25, 0.3) is 0 Å². The van der Waals surface area contributed by atoms with Gasteiger partial charge >= 0.3 is 6.03 Å². The molecule has 1 spiro atoms. The number of anilines is 1. The average molecular weight is 372 g/mol. The molecule has 1 saturated heterocycles. The summed E-state index contributed by atoms with van der Waals surface area (Å²) in [4.78, 5) is 40.0. The third kappa shape index (κ3) is 4.40. The number of nitrogens with zero attached hydrogens (tertiary/aromatic N) is 2. The van der Waals surface area contributed by atoms with Gasteiger partial charge in [0.15, 0.2) is 0 Å².